The third kappa shape index (κ3) is 6.23. The molecule has 0 radical (unpaired) electrons. The van der Waals surface area contributed by atoms with Crippen LogP contribution in [0.1, 0.15) is 6.42 Å². The summed E-state index contributed by atoms with van der Waals surface area (Å²) in [6.07, 6.45) is -13.9. The zero-order valence-corrected chi connectivity index (χ0v) is 20.6. The van der Waals surface area contributed by atoms with E-state index in [2.05, 4.69) is 11.6 Å². The Morgan fingerprint density at radius 1 is 1.29 bits per heavy atom. The Bertz CT molecular complexity index is 1010. The number of carboxylic acid groups (broad SMARTS) is 1. The Morgan fingerprint density at radius 3 is 2.53 bits per heavy atom. The molecule has 3 aliphatic rings. The Labute approximate surface area is 215 Å². The average molecular weight is 570 g/mol. The third-order valence-corrected chi connectivity index (χ3v) is 7.07. The van der Waals surface area contributed by atoms with E-state index in [9.17, 15) is 50.0 Å². The van der Waals surface area contributed by atoms with Crippen molar-refractivity contribution < 1.29 is 68.5 Å². The number of hydrogen-bond acceptors (Lipinski definition) is 16. The lowest BCUT2D eigenvalue weighted by molar-refractivity contribution is -0.306. The maximum absolute atomic E-state index is 12.7. The van der Waals surface area contributed by atoms with Crippen LogP contribution in [-0.2, 0) is 27.9 Å². The van der Waals surface area contributed by atoms with E-state index >= 15 is 0 Å². The van der Waals surface area contributed by atoms with Gasteiger partial charge in [0, 0.05) is 19.2 Å². The Balaban J connectivity index is 1.71. The molecule has 38 heavy (non-hydrogen) atoms. The molecule has 0 aromatic carbocycles. The van der Waals surface area contributed by atoms with Crippen LogP contribution >= 0.6 is 7.82 Å². The fourth-order valence-electron chi connectivity index (χ4n) is 4.01. The smallest absolute Gasteiger partial charge is 0.475 e. The van der Waals surface area contributed by atoms with Gasteiger partial charge in [-0.15, -0.1) is 0 Å². The quantitative estimate of drug-likeness (QED) is 0.110. The van der Waals surface area contributed by atoms with Crippen LogP contribution in [0.25, 0.3) is 0 Å². The minimum atomic E-state index is -5.41. The van der Waals surface area contributed by atoms with Gasteiger partial charge < -0.3 is 66.5 Å². The van der Waals surface area contributed by atoms with E-state index in [1.807, 2.05) is 0 Å². The van der Waals surface area contributed by atoms with Gasteiger partial charge in [0.2, 0.25) is 0 Å². The van der Waals surface area contributed by atoms with E-state index < -0.39 is 94.2 Å². The first-order valence-corrected chi connectivity index (χ1v) is 12.6. The predicted molar refractivity (Wildman–Crippen MR) is 122 cm³/mol. The molecule has 216 valence electrons. The number of nitrogens with two attached hydrogens (primary N) is 2. The summed E-state index contributed by atoms with van der Waals surface area (Å²) in [4.78, 5) is 27.4. The first kappa shape index (κ1) is 30.5. The lowest BCUT2D eigenvalue weighted by atomic mass is 9.91. The molecule has 18 nitrogen and oxygen atoms in total. The van der Waals surface area contributed by atoms with Gasteiger partial charge in [0.1, 0.15) is 48.3 Å². The minimum Gasteiger partial charge on any atom is -0.477 e. The molecule has 3 aliphatic heterocycles. The highest BCUT2D eigenvalue weighted by molar-refractivity contribution is 7.47. The van der Waals surface area contributed by atoms with Crippen LogP contribution in [0.15, 0.2) is 29.7 Å². The van der Waals surface area contributed by atoms with Crippen molar-refractivity contribution in [2.45, 2.75) is 67.3 Å². The number of phosphoric ester groups is 1. The number of aliphatic imine (C=N–C) groups is 1. The third-order valence-electron chi connectivity index (χ3n) is 6.07. The fourth-order valence-corrected chi connectivity index (χ4v) is 4.97. The number of aliphatic hydroxyl groups excluding tert-OH is 6. The maximum atomic E-state index is 12.7. The first-order chi connectivity index (χ1) is 17.6. The second-order valence-electron chi connectivity index (χ2n) is 8.77. The number of hydrogen-bond donors (Lipinski definition) is 10. The molecule has 0 amide bonds. The van der Waals surface area contributed by atoms with E-state index in [4.69, 9.17) is 30.0 Å². The van der Waals surface area contributed by atoms with Gasteiger partial charge in [-0.25, -0.2) is 18.9 Å². The fraction of sp³-hybridized carbons (Fsp3) is 0.684. The van der Waals surface area contributed by atoms with Crippen molar-refractivity contribution in [3.8, 4) is 0 Å². The SMILES string of the molecule is C=C1N=C(N)C=CN1[C@@H]1O[C@H](COP(=O)(O)O[C@@]2(C(=O)O)C[C@@H](O)[C@@H](O)C([C@H](O)[C@H](O)CN)O2)[C@H](O)C1O. The molecule has 3 unspecified atom stereocenters. The summed E-state index contributed by atoms with van der Waals surface area (Å²) >= 11 is 0. The summed E-state index contributed by atoms with van der Waals surface area (Å²) in [6.45, 7) is 2.20. The van der Waals surface area contributed by atoms with Crippen molar-refractivity contribution in [1.29, 1.82) is 0 Å². The van der Waals surface area contributed by atoms with E-state index in [1.54, 1.807) is 0 Å². The number of rotatable bonds is 10. The van der Waals surface area contributed by atoms with Crippen LogP contribution in [0.3, 0.4) is 0 Å². The molecule has 0 spiro atoms. The van der Waals surface area contributed by atoms with Crippen LogP contribution in [0.4, 0.5) is 0 Å². The molecular weight excluding hydrogens is 539 g/mol. The molecule has 3 heterocycles. The summed E-state index contributed by atoms with van der Waals surface area (Å²) in [5, 5.41) is 70.7. The van der Waals surface area contributed by atoms with Gasteiger partial charge in [-0.2, -0.15) is 0 Å². The van der Waals surface area contributed by atoms with Crippen molar-refractivity contribution in [3.63, 3.8) is 0 Å². The zero-order valence-electron chi connectivity index (χ0n) is 19.7. The van der Waals surface area contributed by atoms with Crippen molar-refractivity contribution in [2.24, 2.45) is 16.5 Å². The first-order valence-electron chi connectivity index (χ1n) is 11.2. The maximum Gasteiger partial charge on any atom is 0.475 e. The topological polar surface area (TPSA) is 301 Å². The summed E-state index contributed by atoms with van der Waals surface area (Å²) in [5.74, 6) is -4.98. The number of ether oxygens (including phenoxy) is 2. The lowest BCUT2D eigenvalue weighted by Crippen LogP contribution is -2.63. The summed E-state index contributed by atoms with van der Waals surface area (Å²) in [5.41, 5.74) is 10.8. The lowest BCUT2D eigenvalue weighted by Gasteiger charge is -2.44. The number of nitrogens with zero attached hydrogens (tertiary/aromatic N) is 2. The standard InChI is InChI=1S/C19H31N4O14P/c1-7-22-11(21)2-3-23(7)17-15(29)14(28)10(35-17)6-34-38(32,33)37-19(18(30)31)4-8(24)12(26)16(36-19)13(27)9(25)5-20/h2-3,8-10,12-17,24-29H,1,4-6,20H2,(H2,21,22)(H,30,31)(H,32,33)/t8-,9-,10-,12-,13-,14+,15?,16?,17-,19-/m1/s1. The molecule has 0 aliphatic carbocycles. The molecule has 0 saturated carbocycles. The number of carboxylic acids is 1. The minimum absolute atomic E-state index is 0.0640. The van der Waals surface area contributed by atoms with E-state index in [0.717, 1.165) is 0 Å². The zero-order chi connectivity index (χ0) is 28.6. The molecule has 19 heteroatoms. The number of phosphoric acid groups is 1. The largest absolute Gasteiger partial charge is 0.477 e. The summed E-state index contributed by atoms with van der Waals surface area (Å²) in [7, 11) is -5.41. The Morgan fingerprint density at radius 2 is 1.95 bits per heavy atom. The second-order valence-corrected chi connectivity index (χ2v) is 10.2. The Kier molecular flexibility index (Phi) is 9.32. The van der Waals surface area contributed by atoms with Crippen LogP contribution in [-0.4, -0.2) is 131 Å². The van der Waals surface area contributed by atoms with E-state index in [0.29, 0.717) is 0 Å². The van der Waals surface area contributed by atoms with Crippen LogP contribution in [0, 0.1) is 0 Å². The molecule has 12 N–H and O–H groups in total. The monoisotopic (exact) mass is 570 g/mol. The highest BCUT2D eigenvalue weighted by Gasteiger charge is 2.58. The van der Waals surface area contributed by atoms with Gasteiger partial charge in [-0.05, 0) is 6.08 Å². The van der Waals surface area contributed by atoms with Gasteiger partial charge in [-0.3, -0.25) is 4.52 Å². The molecular formula is C19H31N4O14P. The van der Waals surface area contributed by atoms with Crippen LogP contribution in [0.2, 0.25) is 0 Å². The van der Waals surface area contributed by atoms with Crippen molar-refractivity contribution in [1.82, 2.24) is 4.90 Å². The number of aliphatic hydroxyl groups is 6. The highest BCUT2D eigenvalue weighted by atomic mass is 31.2. The Hall–Kier alpha value is -2.03. The molecule has 3 rings (SSSR count). The highest BCUT2D eigenvalue weighted by Crippen LogP contribution is 2.51. The van der Waals surface area contributed by atoms with Gasteiger partial charge in [0.15, 0.2) is 6.23 Å². The number of carbonyl (C=O) groups is 1. The van der Waals surface area contributed by atoms with E-state index in [-0.39, 0.29) is 11.7 Å². The van der Waals surface area contributed by atoms with Crippen molar-refractivity contribution >= 4 is 19.6 Å². The van der Waals surface area contributed by atoms with Crippen LogP contribution < -0.4 is 11.5 Å². The van der Waals surface area contributed by atoms with Gasteiger partial charge in [-0.1, -0.05) is 6.58 Å². The second kappa shape index (κ2) is 11.6. The molecule has 0 bridgehead atoms. The normalized spacial score (nSPS) is 38.9. The summed E-state index contributed by atoms with van der Waals surface area (Å²) < 4.78 is 32.8. The van der Waals surface area contributed by atoms with Gasteiger partial charge in [0.05, 0.1) is 18.8 Å². The molecule has 0 aromatic heterocycles. The molecule has 2 fully saturated rings. The van der Waals surface area contributed by atoms with Crippen molar-refractivity contribution in [3.05, 3.63) is 24.7 Å². The number of aliphatic carboxylic acids is 1. The van der Waals surface area contributed by atoms with Crippen LogP contribution in [0.5, 0.6) is 0 Å². The number of amidine groups is 1. The molecule has 11 atom stereocenters. The molecule has 2 saturated heterocycles. The van der Waals surface area contributed by atoms with Crippen molar-refractivity contribution in [2.75, 3.05) is 13.2 Å². The van der Waals surface area contributed by atoms with Gasteiger partial charge >= 0.3 is 13.8 Å². The van der Waals surface area contributed by atoms with E-state index in [1.165, 1.54) is 17.2 Å². The summed E-state index contributed by atoms with van der Waals surface area (Å²) in [6, 6.07) is 0. The average Bonchev–Trinajstić information content (AvgIpc) is 3.12. The molecule has 0 aromatic rings. The van der Waals surface area contributed by atoms with Gasteiger partial charge in [0.25, 0.3) is 5.79 Å². The predicted octanol–water partition coefficient (Wildman–Crippen LogP) is -4.80.